The number of carbonyl (C=O) groups excluding carboxylic acids is 1. The molecular formula is C16H19BrN2O2S. The Kier molecular flexibility index (Phi) is 4.41. The summed E-state index contributed by atoms with van der Waals surface area (Å²) in [6.45, 7) is 5.33. The summed E-state index contributed by atoms with van der Waals surface area (Å²) in [5, 5.41) is 0. The molecule has 2 aliphatic rings. The van der Waals surface area contributed by atoms with E-state index in [9.17, 15) is 4.79 Å². The molecule has 4 nitrogen and oxygen atoms in total. The molecule has 118 valence electrons. The topological polar surface area (TPSA) is 32.8 Å². The molecule has 0 radical (unpaired) electrons. The van der Waals surface area contributed by atoms with Gasteiger partial charge in [0, 0.05) is 34.5 Å². The maximum absolute atomic E-state index is 12.5. The molecule has 0 unspecified atom stereocenters. The average molecular weight is 383 g/mol. The molecule has 2 aliphatic heterocycles. The molecule has 0 saturated heterocycles. The van der Waals surface area contributed by atoms with Gasteiger partial charge in [-0.15, -0.1) is 0 Å². The zero-order valence-corrected chi connectivity index (χ0v) is 15.3. The first-order valence-electron chi connectivity index (χ1n) is 7.34. The van der Waals surface area contributed by atoms with Gasteiger partial charge in [0.1, 0.15) is 5.75 Å². The Morgan fingerprint density at radius 3 is 2.95 bits per heavy atom. The van der Waals surface area contributed by atoms with Crippen molar-refractivity contribution in [3.05, 3.63) is 33.1 Å². The first-order chi connectivity index (χ1) is 10.5. The Balaban J connectivity index is 1.87. The Labute approximate surface area is 143 Å². The van der Waals surface area contributed by atoms with Crippen molar-refractivity contribution in [2.75, 3.05) is 20.2 Å². The SMILES string of the molecule is CC(C)N(C)C(=O)N1CC2=C(CCOc3cc(Br)ccc32)S1. The van der Waals surface area contributed by atoms with Crippen molar-refractivity contribution in [1.82, 2.24) is 9.21 Å². The highest BCUT2D eigenvalue weighted by Crippen LogP contribution is 2.45. The van der Waals surface area contributed by atoms with E-state index < -0.39 is 0 Å². The van der Waals surface area contributed by atoms with Gasteiger partial charge in [-0.2, -0.15) is 0 Å². The molecule has 6 heteroatoms. The van der Waals surface area contributed by atoms with Gasteiger partial charge in [-0.05, 0) is 49.6 Å². The van der Waals surface area contributed by atoms with E-state index in [4.69, 9.17) is 4.74 Å². The Bertz CT molecular complexity index is 645. The predicted octanol–water partition coefficient (Wildman–Crippen LogP) is 4.37. The maximum Gasteiger partial charge on any atom is 0.330 e. The van der Waals surface area contributed by atoms with Crippen LogP contribution in [0.3, 0.4) is 0 Å². The summed E-state index contributed by atoms with van der Waals surface area (Å²) in [5.41, 5.74) is 2.32. The summed E-state index contributed by atoms with van der Waals surface area (Å²) in [5.74, 6) is 0.895. The molecule has 22 heavy (non-hydrogen) atoms. The van der Waals surface area contributed by atoms with Crippen LogP contribution in [0, 0.1) is 0 Å². The predicted molar refractivity (Wildman–Crippen MR) is 93.8 cm³/mol. The first kappa shape index (κ1) is 15.7. The molecule has 0 fully saturated rings. The van der Waals surface area contributed by atoms with Crippen molar-refractivity contribution in [3.8, 4) is 5.75 Å². The average Bonchev–Trinajstić information content (AvgIpc) is 2.82. The van der Waals surface area contributed by atoms with E-state index in [2.05, 4.69) is 22.0 Å². The first-order valence-corrected chi connectivity index (χ1v) is 8.91. The highest BCUT2D eigenvalue weighted by molar-refractivity contribution is 9.10. The van der Waals surface area contributed by atoms with E-state index in [1.807, 2.05) is 37.3 Å². The normalized spacial score (nSPS) is 17.0. The maximum atomic E-state index is 12.5. The second-order valence-corrected chi connectivity index (χ2v) is 7.79. The molecule has 0 atom stereocenters. The van der Waals surface area contributed by atoms with Crippen molar-refractivity contribution in [2.45, 2.75) is 26.3 Å². The lowest BCUT2D eigenvalue weighted by molar-refractivity contribution is 0.183. The molecule has 0 N–H and O–H groups in total. The number of halogens is 1. The van der Waals surface area contributed by atoms with Crippen molar-refractivity contribution < 1.29 is 9.53 Å². The van der Waals surface area contributed by atoms with Gasteiger partial charge in [-0.3, -0.25) is 4.31 Å². The molecule has 0 aliphatic carbocycles. The molecule has 0 aromatic heterocycles. The van der Waals surface area contributed by atoms with E-state index in [0.29, 0.717) is 13.2 Å². The highest BCUT2D eigenvalue weighted by Gasteiger charge is 2.32. The van der Waals surface area contributed by atoms with Crippen molar-refractivity contribution in [2.24, 2.45) is 0 Å². The van der Waals surface area contributed by atoms with Crippen LogP contribution in [0.4, 0.5) is 4.79 Å². The largest absolute Gasteiger partial charge is 0.493 e. The molecule has 0 bridgehead atoms. The summed E-state index contributed by atoms with van der Waals surface area (Å²) in [6, 6.07) is 6.35. The van der Waals surface area contributed by atoms with Gasteiger partial charge in [0.15, 0.2) is 0 Å². The third-order valence-electron chi connectivity index (χ3n) is 4.00. The number of urea groups is 1. The van der Waals surface area contributed by atoms with Crippen molar-refractivity contribution in [1.29, 1.82) is 0 Å². The van der Waals surface area contributed by atoms with E-state index in [-0.39, 0.29) is 12.1 Å². The number of hydrogen-bond donors (Lipinski definition) is 0. The lowest BCUT2D eigenvalue weighted by Crippen LogP contribution is -2.40. The number of hydrogen-bond acceptors (Lipinski definition) is 3. The smallest absolute Gasteiger partial charge is 0.330 e. The fourth-order valence-corrected chi connectivity index (χ4v) is 3.97. The van der Waals surface area contributed by atoms with Crippen LogP contribution in [0.1, 0.15) is 25.8 Å². The van der Waals surface area contributed by atoms with E-state index in [1.54, 1.807) is 16.8 Å². The molecule has 1 aromatic carbocycles. The molecule has 0 saturated carbocycles. The molecule has 2 amide bonds. The van der Waals surface area contributed by atoms with Crippen LogP contribution in [0.2, 0.25) is 0 Å². The Hall–Kier alpha value is -1.14. The van der Waals surface area contributed by atoms with Crippen LogP contribution < -0.4 is 4.74 Å². The Morgan fingerprint density at radius 2 is 2.23 bits per heavy atom. The lowest BCUT2D eigenvalue weighted by atomic mass is 10.0. The van der Waals surface area contributed by atoms with Crippen LogP contribution >= 0.6 is 27.9 Å². The minimum Gasteiger partial charge on any atom is -0.493 e. The van der Waals surface area contributed by atoms with Gasteiger partial charge in [-0.25, -0.2) is 4.79 Å². The van der Waals surface area contributed by atoms with Gasteiger partial charge >= 0.3 is 6.03 Å². The molecule has 2 heterocycles. The number of benzene rings is 1. The van der Waals surface area contributed by atoms with Crippen LogP contribution in [-0.4, -0.2) is 41.5 Å². The van der Waals surface area contributed by atoms with E-state index in [0.717, 1.165) is 22.2 Å². The van der Waals surface area contributed by atoms with Crippen LogP contribution in [0.25, 0.3) is 5.57 Å². The van der Waals surface area contributed by atoms with Crippen LogP contribution in [-0.2, 0) is 0 Å². The molecular weight excluding hydrogens is 364 g/mol. The number of amides is 2. The number of nitrogens with zero attached hydrogens (tertiary/aromatic N) is 2. The highest BCUT2D eigenvalue weighted by atomic mass is 79.9. The summed E-state index contributed by atoms with van der Waals surface area (Å²) >= 11 is 5.05. The molecule has 3 rings (SSSR count). The molecule has 1 aromatic rings. The van der Waals surface area contributed by atoms with Crippen molar-refractivity contribution in [3.63, 3.8) is 0 Å². The summed E-state index contributed by atoms with van der Waals surface area (Å²) in [7, 11) is 1.85. The lowest BCUT2D eigenvalue weighted by Gasteiger charge is -2.27. The second-order valence-electron chi connectivity index (χ2n) is 5.76. The minimum atomic E-state index is 0.0626. The quantitative estimate of drug-likeness (QED) is 0.676. The zero-order chi connectivity index (χ0) is 15.9. The van der Waals surface area contributed by atoms with Gasteiger partial charge in [0.2, 0.25) is 0 Å². The van der Waals surface area contributed by atoms with E-state index >= 15 is 0 Å². The number of rotatable bonds is 1. The second kappa shape index (κ2) is 6.16. The number of fused-ring (bicyclic) bond motifs is 2. The number of carbonyl (C=O) groups is 1. The number of ether oxygens (including phenoxy) is 1. The summed E-state index contributed by atoms with van der Waals surface area (Å²) < 4.78 is 8.71. The standard InChI is InChI=1S/C16H19BrN2O2S/c1-10(2)18(3)16(20)19-9-13-12-5-4-11(17)8-14(12)21-7-6-15(13)22-19/h4-5,8,10H,6-7,9H2,1-3H3. The van der Waals surface area contributed by atoms with Gasteiger partial charge in [-0.1, -0.05) is 15.9 Å². The van der Waals surface area contributed by atoms with Gasteiger partial charge in [0.25, 0.3) is 0 Å². The monoisotopic (exact) mass is 382 g/mol. The van der Waals surface area contributed by atoms with E-state index in [1.165, 1.54) is 10.5 Å². The van der Waals surface area contributed by atoms with Crippen LogP contribution in [0.15, 0.2) is 27.6 Å². The fraction of sp³-hybridized carbons (Fsp3) is 0.438. The van der Waals surface area contributed by atoms with Gasteiger partial charge in [0.05, 0.1) is 13.2 Å². The molecule has 0 spiro atoms. The van der Waals surface area contributed by atoms with Crippen molar-refractivity contribution >= 4 is 39.5 Å². The third kappa shape index (κ3) is 2.86. The zero-order valence-electron chi connectivity index (χ0n) is 12.9. The fourth-order valence-electron chi connectivity index (χ4n) is 2.51. The third-order valence-corrected chi connectivity index (χ3v) is 5.67. The summed E-state index contributed by atoms with van der Waals surface area (Å²) in [4.78, 5) is 15.6. The summed E-state index contributed by atoms with van der Waals surface area (Å²) in [6.07, 6.45) is 0.849. The Morgan fingerprint density at radius 1 is 1.45 bits per heavy atom. The van der Waals surface area contributed by atoms with Gasteiger partial charge < -0.3 is 9.64 Å². The van der Waals surface area contributed by atoms with Crippen LogP contribution in [0.5, 0.6) is 5.75 Å². The minimum absolute atomic E-state index is 0.0626.